The molecule has 1 aliphatic heterocycles. The summed E-state index contributed by atoms with van der Waals surface area (Å²) in [6.45, 7) is 5.48. The van der Waals surface area contributed by atoms with Crippen molar-refractivity contribution in [1.29, 1.82) is 0 Å². The maximum Gasteiger partial charge on any atom is 0.234 e. The van der Waals surface area contributed by atoms with E-state index in [1.807, 2.05) is 41.9 Å². The Morgan fingerprint density at radius 3 is 2.86 bits per heavy atom. The van der Waals surface area contributed by atoms with Gasteiger partial charge in [-0.1, -0.05) is 6.07 Å². The fourth-order valence-electron chi connectivity index (χ4n) is 3.66. The van der Waals surface area contributed by atoms with Crippen molar-refractivity contribution in [3.63, 3.8) is 0 Å². The van der Waals surface area contributed by atoms with Gasteiger partial charge in [-0.15, -0.1) is 11.3 Å². The first-order valence-corrected chi connectivity index (χ1v) is 12.2. The fraction of sp³-hybridized carbons (Fsp3) is 0.579. The van der Waals surface area contributed by atoms with Crippen LogP contribution < -0.4 is 5.32 Å². The SMILES string of the molecule is Cc1nn([C@@H]2CCS(=O)(=O)C2)c(C)c1CN(C)CC(=O)NCCc1cccs1. The largest absolute Gasteiger partial charge is 0.355 e. The van der Waals surface area contributed by atoms with Gasteiger partial charge < -0.3 is 5.32 Å². The zero-order valence-electron chi connectivity index (χ0n) is 16.6. The number of aryl methyl sites for hydroxylation is 1. The summed E-state index contributed by atoms with van der Waals surface area (Å²) in [6, 6.07) is 4.01. The van der Waals surface area contributed by atoms with Crippen LogP contribution in [-0.2, 0) is 27.6 Å². The zero-order valence-corrected chi connectivity index (χ0v) is 18.3. The van der Waals surface area contributed by atoms with Gasteiger partial charge in [0.15, 0.2) is 9.84 Å². The van der Waals surface area contributed by atoms with Crippen LogP contribution in [0.5, 0.6) is 0 Å². The van der Waals surface area contributed by atoms with Crippen LogP contribution in [0.15, 0.2) is 17.5 Å². The lowest BCUT2D eigenvalue weighted by atomic mass is 10.1. The summed E-state index contributed by atoms with van der Waals surface area (Å²) in [4.78, 5) is 15.4. The molecule has 0 spiro atoms. The van der Waals surface area contributed by atoms with Crippen LogP contribution in [0.25, 0.3) is 0 Å². The molecule has 2 aromatic heterocycles. The van der Waals surface area contributed by atoms with Crippen LogP contribution in [0.1, 0.15) is 34.3 Å². The Morgan fingerprint density at radius 1 is 1.43 bits per heavy atom. The van der Waals surface area contributed by atoms with E-state index in [2.05, 4.69) is 16.5 Å². The third-order valence-corrected chi connectivity index (χ3v) is 7.83. The molecule has 0 unspecified atom stereocenters. The molecule has 3 heterocycles. The number of carbonyl (C=O) groups excluding carboxylic acids is 1. The number of amides is 1. The van der Waals surface area contributed by atoms with Gasteiger partial charge in [0, 0.05) is 29.2 Å². The fourth-order valence-corrected chi connectivity index (χ4v) is 6.06. The summed E-state index contributed by atoms with van der Waals surface area (Å²) in [5.41, 5.74) is 2.95. The first kappa shape index (κ1) is 21.0. The molecule has 1 N–H and O–H groups in total. The van der Waals surface area contributed by atoms with Crippen molar-refractivity contribution >= 4 is 27.1 Å². The lowest BCUT2D eigenvalue weighted by molar-refractivity contribution is -0.122. The van der Waals surface area contributed by atoms with Gasteiger partial charge in [0.1, 0.15) is 0 Å². The average Bonchev–Trinajstić information content (AvgIpc) is 3.31. The maximum atomic E-state index is 12.2. The van der Waals surface area contributed by atoms with Crippen LogP contribution in [0.3, 0.4) is 0 Å². The van der Waals surface area contributed by atoms with Crippen molar-refractivity contribution in [3.05, 3.63) is 39.3 Å². The van der Waals surface area contributed by atoms with Gasteiger partial charge >= 0.3 is 0 Å². The van der Waals surface area contributed by atoms with E-state index >= 15 is 0 Å². The lowest BCUT2D eigenvalue weighted by Gasteiger charge is -2.17. The van der Waals surface area contributed by atoms with Crippen molar-refractivity contribution in [1.82, 2.24) is 20.0 Å². The molecule has 0 aromatic carbocycles. The van der Waals surface area contributed by atoms with Gasteiger partial charge in [0.2, 0.25) is 5.91 Å². The van der Waals surface area contributed by atoms with E-state index in [0.29, 0.717) is 26.1 Å². The van der Waals surface area contributed by atoms with Crippen LogP contribution in [0.2, 0.25) is 0 Å². The van der Waals surface area contributed by atoms with E-state index in [-0.39, 0.29) is 23.5 Å². The van der Waals surface area contributed by atoms with Gasteiger partial charge in [-0.2, -0.15) is 5.10 Å². The lowest BCUT2D eigenvalue weighted by Crippen LogP contribution is -2.36. The molecule has 154 valence electrons. The monoisotopic (exact) mass is 424 g/mol. The number of aromatic nitrogens is 2. The third-order valence-electron chi connectivity index (χ3n) is 5.14. The second-order valence-corrected chi connectivity index (χ2v) is 10.8. The molecule has 3 rings (SSSR count). The minimum absolute atomic E-state index is 0.00337. The second kappa shape index (κ2) is 8.75. The molecule has 1 amide bonds. The van der Waals surface area contributed by atoms with E-state index in [1.54, 1.807) is 11.3 Å². The van der Waals surface area contributed by atoms with Gasteiger partial charge in [0.05, 0.1) is 29.8 Å². The summed E-state index contributed by atoms with van der Waals surface area (Å²) in [7, 11) is -1.04. The van der Waals surface area contributed by atoms with Crippen molar-refractivity contribution in [2.75, 3.05) is 31.6 Å². The first-order chi connectivity index (χ1) is 13.2. The van der Waals surface area contributed by atoms with E-state index in [0.717, 1.165) is 23.4 Å². The Labute approximate surface area is 170 Å². The van der Waals surface area contributed by atoms with Crippen LogP contribution >= 0.6 is 11.3 Å². The quantitative estimate of drug-likeness (QED) is 0.697. The summed E-state index contributed by atoms with van der Waals surface area (Å²) < 4.78 is 25.4. The van der Waals surface area contributed by atoms with E-state index < -0.39 is 9.84 Å². The van der Waals surface area contributed by atoms with Gasteiger partial charge in [0.25, 0.3) is 0 Å². The minimum Gasteiger partial charge on any atom is -0.355 e. The number of likely N-dealkylation sites (N-methyl/N-ethyl adjacent to an activating group) is 1. The Bertz CT molecular complexity index is 919. The Hall–Kier alpha value is -1.71. The number of hydrogen-bond acceptors (Lipinski definition) is 6. The first-order valence-electron chi connectivity index (χ1n) is 9.48. The highest BCUT2D eigenvalue weighted by Crippen LogP contribution is 2.27. The number of thiophene rings is 1. The van der Waals surface area contributed by atoms with E-state index in [4.69, 9.17) is 0 Å². The molecular formula is C19H28N4O3S2. The van der Waals surface area contributed by atoms with Crippen molar-refractivity contribution in [2.24, 2.45) is 0 Å². The predicted octanol–water partition coefficient (Wildman–Crippen LogP) is 1.71. The van der Waals surface area contributed by atoms with Crippen molar-refractivity contribution < 1.29 is 13.2 Å². The van der Waals surface area contributed by atoms with Crippen LogP contribution in [-0.4, -0.2) is 60.6 Å². The zero-order chi connectivity index (χ0) is 20.3. The summed E-state index contributed by atoms with van der Waals surface area (Å²) in [5.74, 6) is 0.400. The van der Waals surface area contributed by atoms with Gasteiger partial charge in [-0.05, 0) is 45.2 Å². The molecular weight excluding hydrogens is 396 g/mol. The molecule has 0 radical (unpaired) electrons. The molecule has 28 heavy (non-hydrogen) atoms. The predicted molar refractivity (Wildman–Crippen MR) is 111 cm³/mol. The van der Waals surface area contributed by atoms with Gasteiger partial charge in [-0.25, -0.2) is 8.42 Å². The normalized spacial score (nSPS) is 18.6. The van der Waals surface area contributed by atoms with Crippen LogP contribution in [0, 0.1) is 13.8 Å². The summed E-state index contributed by atoms with van der Waals surface area (Å²) in [5, 5.41) is 9.60. The maximum absolute atomic E-state index is 12.2. The molecule has 0 bridgehead atoms. The van der Waals surface area contributed by atoms with Crippen molar-refractivity contribution in [3.8, 4) is 0 Å². The number of carbonyl (C=O) groups is 1. The number of hydrogen-bond donors (Lipinski definition) is 1. The third kappa shape index (κ3) is 5.21. The smallest absolute Gasteiger partial charge is 0.234 e. The number of sulfone groups is 1. The standard InChI is InChI=1S/C19H28N4O3S2/c1-14-18(15(2)23(21-14)16-7-10-28(25,26)13-16)11-22(3)12-19(24)20-8-6-17-5-4-9-27-17/h4-5,9,16H,6-8,10-13H2,1-3H3,(H,20,24)/t16-/m1/s1. The van der Waals surface area contributed by atoms with Gasteiger partial charge in [-0.3, -0.25) is 14.4 Å². The summed E-state index contributed by atoms with van der Waals surface area (Å²) in [6.07, 6.45) is 1.47. The minimum atomic E-state index is -2.95. The summed E-state index contributed by atoms with van der Waals surface area (Å²) >= 11 is 1.70. The number of nitrogens with one attached hydrogen (secondary N) is 1. The molecule has 1 fully saturated rings. The van der Waals surface area contributed by atoms with Crippen LogP contribution in [0.4, 0.5) is 0 Å². The highest BCUT2D eigenvalue weighted by atomic mass is 32.2. The Morgan fingerprint density at radius 2 is 2.21 bits per heavy atom. The molecule has 0 saturated carbocycles. The Kier molecular flexibility index (Phi) is 6.57. The number of nitrogens with zero attached hydrogens (tertiary/aromatic N) is 3. The Balaban J connectivity index is 1.53. The second-order valence-electron chi connectivity index (χ2n) is 7.50. The average molecular weight is 425 g/mol. The molecule has 1 atom stereocenters. The molecule has 0 aliphatic carbocycles. The highest BCUT2D eigenvalue weighted by molar-refractivity contribution is 7.91. The van der Waals surface area contributed by atoms with E-state index in [9.17, 15) is 13.2 Å². The topological polar surface area (TPSA) is 84.3 Å². The molecule has 1 aliphatic rings. The molecule has 1 saturated heterocycles. The van der Waals surface area contributed by atoms with Crippen molar-refractivity contribution in [2.45, 2.75) is 39.3 Å². The molecule has 9 heteroatoms. The number of rotatable bonds is 8. The molecule has 2 aromatic rings. The van der Waals surface area contributed by atoms with E-state index in [1.165, 1.54) is 4.88 Å². The molecule has 7 nitrogen and oxygen atoms in total. The highest BCUT2D eigenvalue weighted by Gasteiger charge is 2.31.